The highest BCUT2D eigenvalue weighted by atomic mass is 16.6. The molecule has 0 atom stereocenters. The van der Waals surface area contributed by atoms with Gasteiger partial charge in [0.05, 0.1) is 6.61 Å². The molecule has 0 fully saturated rings. The first-order chi connectivity index (χ1) is 6.81. The molecule has 0 aliphatic carbocycles. The van der Waals surface area contributed by atoms with Gasteiger partial charge in [0.15, 0.2) is 11.5 Å². The predicted octanol–water partition coefficient (Wildman–Crippen LogP) is 1.57. The average Bonchev–Trinajstić information content (AvgIpc) is 2.55. The number of nitrogens with two attached hydrogens (primary N) is 1. The molecule has 0 amide bonds. The van der Waals surface area contributed by atoms with Crippen LogP contribution in [0.1, 0.15) is 11.5 Å². The molecule has 2 aromatic rings. The van der Waals surface area contributed by atoms with Gasteiger partial charge in [-0.25, -0.2) is 10.9 Å². The molecule has 4 nitrogen and oxygen atoms in total. The quantitative estimate of drug-likeness (QED) is 0.750. The van der Waals surface area contributed by atoms with Crippen LogP contribution in [0.15, 0.2) is 22.6 Å². The molecule has 0 saturated carbocycles. The van der Waals surface area contributed by atoms with Crippen molar-refractivity contribution in [2.75, 3.05) is 6.61 Å². The van der Waals surface area contributed by atoms with Gasteiger partial charge in [-0.2, -0.15) is 0 Å². The average molecular weight is 192 g/mol. The molecule has 0 bridgehead atoms. The van der Waals surface area contributed by atoms with Crippen LogP contribution in [0.4, 0.5) is 0 Å². The number of hydrogen-bond acceptors (Lipinski definition) is 4. The molecule has 1 aromatic carbocycles. The molecule has 0 spiro atoms. The summed E-state index contributed by atoms with van der Waals surface area (Å²) in [6.45, 7) is 2.33. The van der Waals surface area contributed by atoms with Crippen LogP contribution in [0, 0.1) is 6.92 Å². The molecular formula is C10H12N2O2. The Morgan fingerprint density at radius 3 is 3.14 bits per heavy atom. The third-order valence-electron chi connectivity index (χ3n) is 2.10. The van der Waals surface area contributed by atoms with E-state index in [0.29, 0.717) is 12.5 Å². The molecule has 1 aromatic heterocycles. The van der Waals surface area contributed by atoms with E-state index in [4.69, 9.17) is 10.3 Å². The third kappa shape index (κ3) is 1.62. The van der Waals surface area contributed by atoms with Crippen LogP contribution in [0.3, 0.4) is 0 Å². The molecule has 0 unspecified atom stereocenters. The van der Waals surface area contributed by atoms with Gasteiger partial charge in [0, 0.05) is 13.3 Å². The van der Waals surface area contributed by atoms with Crippen LogP contribution in [0.2, 0.25) is 0 Å². The van der Waals surface area contributed by atoms with Gasteiger partial charge in [0.25, 0.3) is 0 Å². The summed E-state index contributed by atoms with van der Waals surface area (Å²) in [5, 5.41) is 0. The maximum Gasteiger partial charge on any atom is 0.192 e. The molecule has 2 N–H and O–H groups in total. The number of hydrogen-bond donors (Lipinski definition) is 1. The van der Waals surface area contributed by atoms with Crippen LogP contribution in [0.25, 0.3) is 11.1 Å². The number of rotatable bonds is 3. The van der Waals surface area contributed by atoms with Crippen molar-refractivity contribution < 1.29 is 9.25 Å². The van der Waals surface area contributed by atoms with Crippen molar-refractivity contribution >= 4 is 11.1 Å². The smallest absolute Gasteiger partial charge is 0.192 e. The molecule has 2 rings (SSSR count). The van der Waals surface area contributed by atoms with Gasteiger partial charge in [-0.1, -0.05) is 12.1 Å². The summed E-state index contributed by atoms with van der Waals surface area (Å²) in [5.41, 5.74) is 2.82. The molecule has 0 aliphatic rings. The molecular weight excluding hydrogens is 180 g/mol. The molecule has 0 saturated heterocycles. The number of para-hydroxylation sites is 1. The van der Waals surface area contributed by atoms with Gasteiger partial charge in [-0.15, -0.1) is 0 Å². The topological polar surface area (TPSA) is 61.3 Å². The SMILES string of the molecule is Cc1nc2c(CCON)cccc2o1. The van der Waals surface area contributed by atoms with E-state index in [1.165, 1.54) is 0 Å². The zero-order valence-corrected chi connectivity index (χ0v) is 7.99. The zero-order valence-electron chi connectivity index (χ0n) is 7.99. The zero-order chi connectivity index (χ0) is 9.97. The number of nitrogens with zero attached hydrogens (tertiary/aromatic N) is 1. The lowest BCUT2D eigenvalue weighted by atomic mass is 10.1. The predicted molar refractivity (Wildman–Crippen MR) is 52.6 cm³/mol. The number of aryl methyl sites for hydroxylation is 1. The van der Waals surface area contributed by atoms with E-state index in [2.05, 4.69) is 9.82 Å². The Labute approximate surface area is 81.6 Å². The van der Waals surface area contributed by atoms with Gasteiger partial charge < -0.3 is 9.25 Å². The standard InChI is InChI=1S/C10H12N2O2/c1-7-12-10-8(5-6-13-11)3-2-4-9(10)14-7/h2-4H,5-6,11H2,1H3. The van der Waals surface area contributed by atoms with Crippen LogP contribution < -0.4 is 5.90 Å². The lowest BCUT2D eigenvalue weighted by molar-refractivity contribution is 0.141. The Kier molecular flexibility index (Phi) is 2.47. The highest BCUT2D eigenvalue weighted by Crippen LogP contribution is 2.19. The van der Waals surface area contributed by atoms with Crippen molar-refractivity contribution in [3.05, 3.63) is 29.7 Å². The van der Waals surface area contributed by atoms with Crippen LogP contribution in [-0.4, -0.2) is 11.6 Å². The second-order valence-electron chi connectivity index (χ2n) is 3.12. The van der Waals surface area contributed by atoms with Crippen molar-refractivity contribution in [2.45, 2.75) is 13.3 Å². The van der Waals surface area contributed by atoms with E-state index in [1.54, 1.807) is 0 Å². The first kappa shape index (κ1) is 9.18. The van der Waals surface area contributed by atoms with Gasteiger partial charge in [-0.05, 0) is 11.6 Å². The van der Waals surface area contributed by atoms with Crippen molar-refractivity contribution in [2.24, 2.45) is 5.90 Å². The number of aromatic nitrogens is 1. The highest BCUT2D eigenvalue weighted by Gasteiger charge is 2.06. The Bertz CT molecular complexity index is 437. The summed E-state index contributed by atoms with van der Waals surface area (Å²) in [5.74, 6) is 5.66. The fourth-order valence-corrected chi connectivity index (χ4v) is 1.49. The minimum atomic E-state index is 0.491. The second-order valence-corrected chi connectivity index (χ2v) is 3.12. The van der Waals surface area contributed by atoms with Gasteiger partial charge in [-0.3, -0.25) is 0 Å². The van der Waals surface area contributed by atoms with Crippen molar-refractivity contribution in [1.82, 2.24) is 4.98 Å². The summed E-state index contributed by atoms with van der Waals surface area (Å²) >= 11 is 0. The number of fused-ring (bicyclic) bond motifs is 1. The monoisotopic (exact) mass is 192 g/mol. The van der Waals surface area contributed by atoms with E-state index in [0.717, 1.165) is 23.1 Å². The second kappa shape index (κ2) is 3.77. The summed E-state index contributed by atoms with van der Waals surface area (Å²) in [6.07, 6.45) is 0.750. The van der Waals surface area contributed by atoms with Gasteiger partial charge >= 0.3 is 0 Å². The molecule has 74 valence electrons. The van der Waals surface area contributed by atoms with E-state index in [9.17, 15) is 0 Å². The maximum atomic E-state index is 5.41. The first-order valence-corrected chi connectivity index (χ1v) is 4.48. The van der Waals surface area contributed by atoms with Crippen molar-refractivity contribution in [1.29, 1.82) is 0 Å². The van der Waals surface area contributed by atoms with Crippen LogP contribution in [-0.2, 0) is 11.3 Å². The fraction of sp³-hybridized carbons (Fsp3) is 0.300. The summed E-state index contributed by atoms with van der Waals surface area (Å²) < 4.78 is 5.41. The summed E-state index contributed by atoms with van der Waals surface area (Å²) in [6, 6.07) is 5.85. The molecule has 14 heavy (non-hydrogen) atoms. The lowest BCUT2D eigenvalue weighted by Crippen LogP contribution is -2.03. The molecule has 4 heteroatoms. The van der Waals surface area contributed by atoms with Crippen molar-refractivity contribution in [3.63, 3.8) is 0 Å². The number of oxazole rings is 1. The fourth-order valence-electron chi connectivity index (χ4n) is 1.49. The van der Waals surface area contributed by atoms with Crippen LogP contribution >= 0.6 is 0 Å². The summed E-state index contributed by atoms with van der Waals surface area (Å²) in [4.78, 5) is 8.85. The molecule has 0 radical (unpaired) electrons. The maximum absolute atomic E-state index is 5.41. The van der Waals surface area contributed by atoms with Crippen molar-refractivity contribution in [3.8, 4) is 0 Å². The largest absolute Gasteiger partial charge is 0.441 e. The Morgan fingerprint density at radius 2 is 2.36 bits per heavy atom. The van der Waals surface area contributed by atoms with Gasteiger partial charge in [0.1, 0.15) is 5.52 Å². The Balaban J connectivity index is 2.42. The molecule has 0 aliphatic heterocycles. The Hall–Kier alpha value is -1.39. The minimum absolute atomic E-state index is 0.491. The first-order valence-electron chi connectivity index (χ1n) is 4.48. The van der Waals surface area contributed by atoms with E-state index in [-0.39, 0.29) is 0 Å². The minimum Gasteiger partial charge on any atom is -0.441 e. The van der Waals surface area contributed by atoms with E-state index < -0.39 is 0 Å². The lowest BCUT2D eigenvalue weighted by Gasteiger charge is -1.99. The normalized spacial score (nSPS) is 11.0. The number of benzene rings is 1. The Morgan fingerprint density at radius 1 is 1.50 bits per heavy atom. The van der Waals surface area contributed by atoms with Crippen LogP contribution in [0.5, 0.6) is 0 Å². The van der Waals surface area contributed by atoms with E-state index >= 15 is 0 Å². The highest BCUT2D eigenvalue weighted by molar-refractivity contribution is 5.76. The third-order valence-corrected chi connectivity index (χ3v) is 2.10. The van der Waals surface area contributed by atoms with E-state index in [1.807, 2.05) is 25.1 Å². The van der Waals surface area contributed by atoms with Gasteiger partial charge in [0.2, 0.25) is 0 Å². The summed E-state index contributed by atoms with van der Waals surface area (Å²) in [7, 11) is 0. The molecule has 1 heterocycles.